The highest BCUT2D eigenvalue weighted by Gasteiger charge is 2.18. The molecule has 90 valence electrons. The van der Waals surface area contributed by atoms with Crippen LogP contribution >= 0.6 is 15.9 Å². The topological polar surface area (TPSA) is 27.7 Å². The van der Waals surface area contributed by atoms with E-state index < -0.39 is 0 Å². The molecular weight excluding hydrogens is 272 g/mol. The van der Waals surface area contributed by atoms with Crippen LogP contribution in [0.3, 0.4) is 0 Å². The molecule has 0 saturated heterocycles. The minimum atomic E-state index is -0.266. The van der Waals surface area contributed by atoms with Crippen molar-refractivity contribution in [3.05, 3.63) is 18.2 Å². The molecule has 0 aliphatic heterocycles. The minimum absolute atomic E-state index is 0.266. The second kappa shape index (κ2) is 5.43. The largest absolute Gasteiger partial charge is 0.496 e. The van der Waals surface area contributed by atoms with E-state index in [4.69, 9.17) is 14.2 Å². The van der Waals surface area contributed by atoms with Gasteiger partial charge in [-0.05, 0) is 13.8 Å². The van der Waals surface area contributed by atoms with Gasteiger partial charge in [-0.2, -0.15) is 0 Å². The second-order valence-corrected chi connectivity index (χ2v) is 4.60. The van der Waals surface area contributed by atoms with Crippen LogP contribution in [0.5, 0.6) is 17.2 Å². The van der Waals surface area contributed by atoms with Gasteiger partial charge in [0.1, 0.15) is 22.8 Å². The van der Waals surface area contributed by atoms with Gasteiger partial charge in [-0.15, -0.1) is 0 Å². The summed E-state index contributed by atoms with van der Waals surface area (Å²) in [6.07, 6.45) is 0. The number of rotatable bonds is 5. The van der Waals surface area contributed by atoms with E-state index in [0.29, 0.717) is 0 Å². The maximum absolute atomic E-state index is 5.83. The van der Waals surface area contributed by atoms with Gasteiger partial charge in [0.05, 0.1) is 14.2 Å². The molecule has 1 aromatic carbocycles. The SMILES string of the molecule is COc1cc(OC)cc(OC(C)(C)CBr)c1. The predicted octanol–water partition coefficient (Wildman–Crippen LogP) is 3.26. The Bertz CT molecular complexity index is 328. The van der Waals surface area contributed by atoms with Gasteiger partial charge in [0.2, 0.25) is 0 Å². The standard InChI is InChI=1S/C12H17BrO3/c1-12(2,8-13)16-11-6-9(14-3)5-10(7-11)15-4/h5-7H,8H2,1-4H3. The van der Waals surface area contributed by atoms with Crippen LogP contribution < -0.4 is 14.2 Å². The van der Waals surface area contributed by atoms with Gasteiger partial charge in [0.25, 0.3) is 0 Å². The maximum Gasteiger partial charge on any atom is 0.127 e. The third kappa shape index (κ3) is 3.59. The van der Waals surface area contributed by atoms with Crippen molar-refractivity contribution in [2.24, 2.45) is 0 Å². The van der Waals surface area contributed by atoms with Gasteiger partial charge in [-0.25, -0.2) is 0 Å². The fourth-order valence-corrected chi connectivity index (χ4v) is 1.30. The van der Waals surface area contributed by atoms with E-state index >= 15 is 0 Å². The van der Waals surface area contributed by atoms with E-state index in [0.717, 1.165) is 22.6 Å². The van der Waals surface area contributed by atoms with Crippen molar-refractivity contribution >= 4 is 15.9 Å². The number of hydrogen-bond acceptors (Lipinski definition) is 3. The summed E-state index contributed by atoms with van der Waals surface area (Å²) in [6, 6.07) is 5.49. The Labute approximate surface area is 105 Å². The lowest BCUT2D eigenvalue weighted by molar-refractivity contribution is 0.136. The van der Waals surface area contributed by atoms with Crippen molar-refractivity contribution in [3.63, 3.8) is 0 Å². The van der Waals surface area contributed by atoms with Gasteiger partial charge in [-0.1, -0.05) is 15.9 Å². The average molecular weight is 289 g/mol. The zero-order valence-electron chi connectivity index (χ0n) is 10.0. The van der Waals surface area contributed by atoms with Crippen LogP contribution in [0.25, 0.3) is 0 Å². The summed E-state index contributed by atoms with van der Waals surface area (Å²) < 4.78 is 16.2. The van der Waals surface area contributed by atoms with Crippen molar-refractivity contribution in [3.8, 4) is 17.2 Å². The number of methoxy groups -OCH3 is 2. The molecule has 0 aliphatic rings. The third-order valence-electron chi connectivity index (χ3n) is 2.04. The molecule has 0 saturated carbocycles. The fourth-order valence-electron chi connectivity index (χ4n) is 1.19. The van der Waals surface area contributed by atoms with Crippen LogP contribution in [0.1, 0.15) is 13.8 Å². The van der Waals surface area contributed by atoms with Crippen molar-refractivity contribution < 1.29 is 14.2 Å². The smallest absolute Gasteiger partial charge is 0.127 e. The van der Waals surface area contributed by atoms with Crippen molar-refractivity contribution in [2.45, 2.75) is 19.4 Å². The normalized spacial score (nSPS) is 11.1. The highest BCUT2D eigenvalue weighted by Crippen LogP contribution is 2.30. The zero-order chi connectivity index (χ0) is 12.2. The lowest BCUT2D eigenvalue weighted by Crippen LogP contribution is -2.29. The molecule has 0 N–H and O–H groups in total. The first-order valence-corrected chi connectivity index (χ1v) is 6.11. The molecular formula is C12H17BrO3. The molecule has 16 heavy (non-hydrogen) atoms. The molecule has 0 unspecified atom stereocenters. The summed E-state index contributed by atoms with van der Waals surface area (Å²) in [7, 11) is 3.24. The summed E-state index contributed by atoms with van der Waals surface area (Å²) in [4.78, 5) is 0. The molecule has 0 atom stereocenters. The number of alkyl halides is 1. The zero-order valence-corrected chi connectivity index (χ0v) is 11.6. The van der Waals surface area contributed by atoms with Crippen LogP contribution in [0.4, 0.5) is 0 Å². The second-order valence-electron chi connectivity index (χ2n) is 4.04. The van der Waals surface area contributed by atoms with Crippen molar-refractivity contribution in [2.75, 3.05) is 19.5 Å². The van der Waals surface area contributed by atoms with E-state index in [1.807, 2.05) is 32.0 Å². The fraction of sp³-hybridized carbons (Fsp3) is 0.500. The highest BCUT2D eigenvalue weighted by atomic mass is 79.9. The molecule has 4 heteroatoms. The Morgan fingerprint density at radius 1 is 1.00 bits per heavy atom. The summed E-state index contributed by atoms with van der Waals surface area (Å²) >= 11 is 3.41. The van der Waals surface area contributed by atoms with E-state index in [1.165, 1.54) is 0 Å². The van der Waals surface area contributed by atoms with Gasteiger partial charge in [0, 0.05) is 23.5 Å². The average Bonchev–Trinajstić information content (AvgIpc) is 2.28. The number of ether oxygens (including phenoxy) is 3. The van der Waals surface area contributed by atoms with Crippen LogP contribution in [0, 0.1) is 0 Å². The Hall–Kier alpha value is -0.900. The van der Waals surface area contributed by atoms with Crippen molar-refractivity contribution in [1.29, 1.82) is 0 Å². The Balaban J connectivity index is 2.95. The molecule has 3 nitrogen and oxygen atoms in total. The minimum Gasteiger partial charge on any atom is -0.496 e. The van der Waals surface area contributed by atoms with Gasteiger partial charge >= 0.3 is 0 Å². The van der Waals surface area contributed by atoms with Gasteiger partial charge < -0.3 is 14.2 Å². The number of benzene rings is 1. The van der Waals surface area contributed by atoms with Gasteiger partial charge in [0.15, 0.2) is 0 Å². The highest BCUT2D eigenvalue weighted by molar-refractivity contribution is 9.09. The summed E-state index contributed by atoms with van der Waals surface area (Å²) in [6.45, 7) is 4.02. The molecule has 0 heterocycles. The van der Waals surface area contributed by atoms with Crippen LogP contribution in [0.15, 0.2) is 18.2 Å². The van der Waals surface area contributed by atoms with Crippen LogP contribution in [-0.2, 0) is 0 Å². The van der Waals surface area contributed by atoms with Gasteiger partial charge in [-0.3, -0.25) is 0 Å². The molecule has 1 aromatic rings. The van der Waals surface area contributed by atoms with Crippen LogP contribution in [-0.4, -0.2) is 25.2 Å². The third-order valence-corrected chi connectivity index (χ3v) is 3.39. The quantitative estimate of drug-likeness (QED) is 0.779. The molecule has 0 aromatic heterocycles. The Kier molecular flexibility index (Phi) is 4.47. The first-order chi connectivity index (χ1) is 7.50. The molecule has 0 bridgehead atoms. The molecule has 1 rings (SSSR count). The molecule has 0 amide bonds. The summed E-state index contributed by atoms with van der Waals surface area (Å²) in [5, 5.41) is 0.750. The number of halogens is 1. The molecule has 0 radical (unpaired) electrons. The monoisotopic (exact) mass is 288 g/mol. The molecule has 0 spiro atoms. The molecule has 0 aliphatic carbocycles. The van der Waals surface area contributed by atoms with Crippen LogP contribution in [0.2, 0.25) is 0 Å². The Morgan fingerprint density at radius 2 is 1.44 bits per heavy atom. The lowest BCUT2D eigenvalue weighted by atomic mass is 10.2. The first-order valence-electron chi connectivity index (χ1n) is 4.99. The predicted molar refractivity (Wildman–Crippen MR) is 68.0 cm³/mol. The summed E-state index contributed by atoms with van der Waals surface area (Å²) in [5.74, 6) is 2.18. The van der Waals surface area contributed by atoms with E-state index in [-0.39, 0.29) is 5.60 Å². The van der Waals surface area contributed by atoms with E-state index in [1.54, 1.807) is 14.2 Å². The maximum atomic E-state index is 5.83. The molecule has 0 fully saturated rings. The first kappa shape index (κ1) is 13.2. The summed E-state index contributed by atoms with van der Waals surface area (Å²) in [5.41, 5.74) is -0.266. The van der Waals surface area contributed by atoms with E-state index in [9.17, 15) is 0 Å². The lowest BCUT2D eigenvalue weighted by Gasteiger charge is -2.24. The van der Waals surface area contributed by atoms with E-state index in [2.05, 4.69) is 15.9 Å². The van der Waals surface area contributed by atoms with Crippen molar-refractivity contribution in [1.82, 2.24) is 0 Å². The Morgan fingerprint density at radius 3 is 1.81 bits per heavy atom. The number of hydrogen-bond donors (Lipinski definition) is 0.